The van der Waals surface area contributed by atoms with E-state index in [0.29, 0.717) is 35.3 Å². The molecular formula is C46H94N2O4+2. The van der Waals surface area contributed by atoms with Gasteiger partial charge in [-0.1, -0.05) is 181 Å². The first-order chi connectivity index (χ1) is 25.1. The van der Waals surface area contributed by atoms with E-state index in [4.69, 9.17) is 9.47 Å². The summed E-state index contributed by atoms with van der Waals surface area (Å²) in [5.74, 6) is -0.120. The molecule has 0 heterocycles. The van der Waals surface area contributed by atoms with Gasteiger partial charge < -0.3 is 18.4 Å². The topological polar surface area (TPSA) is 52.6 Å². The summed E-state index contributed by atoms with van der Waals surface area (Å²) in [4.78, 5) is 24.9. The number of ether oxygens (including phenoxy) is 2. The predicted molar refractivity (Wildman–Crippen MR) is 225 cm³/mol. The number of nitrogens with zero attached hydrogens (tertiary/aromatic N) is 2. The van der Waals surface area contributed by atoms with Crippen LogP contribution in [0.5, 0.6) is 0 Å². The molecule has 0 fully saturated rings. The Labute approximate surface area is 326 Å². The minimum Gasteiger partial charge on any atom is -0.462 e. The van der Waals surface area contributed by atoms with Crippen LogP contribution >= 0.6 is 0 Å². The van der Waals surface area contributed by atoms with Crippen molar-refractivity contribution in [3.05, 3.63) is 0 Å². The van der Waals surface area contributed by atoms with Crippen LogP contribution < -0.4 is 0 Å². The average Bonchev–Trinajstić information content (AvgIpc) is 3.09. The lowest BCUT2D eigenvalue weighted by atomic mass is 10.0. The quantitative estimate of drug-likeness (QED) is 0.0356. The van der Waals surface area contributed by atoms with E-state index in [0.717, 1.165) is 51.6 Å². The number of hydrogen-bond donors (Lipinski definition) is 0. The Hall–Kier alpha value is -1.14. The number of quaternary nitrogens is 2. The Balaban J connectivity index is 3.65. The maximum atomic E-state index is 12.4. The summed E-state index contributed by atoms with van der Waals surface area (Å²) in [7, 11) is 8.55. The highest BCUT2D eigenvalue weighted by Gasteiger charge is 2.22. The molecule has 52 heavy (non-hydrogen) atoms. The van der Waals surface area contributed by atoms with Crippen LogP contribution in [0.4, 0.5) is 0 Å². The van der Waals surface area contributed by atoms with Crippen molar-refractivity contribution in [3.63, 3.8) is 0 Å². The molecule has 0 N–H and O–H groups in total. The molecule has 6 nitrogen and oxygen atoms in total. The Morgan fingerprint density at radius 2 is 0.538 bits per heavy atom. The molecule has 0 saturated heterocycles. The van der Waals surface area contributed by atoms with Crippen LogP contribution in [-0.2, 0) is 19.1 Å². The molecule has 0 rings (SSSR count). The molecule has 0 aliphatic rings. The maximum absolute atomic E-state index is 12.4. The molecule has 0 amide bonds. The Morgan fingerprint density at radius 1 is 0.327 bits per heavy atom. The summed E-state index contributed by atoms with van der Waals surface area (Å²) < 4.78 is 12.5. The minimum absolute atomic E-state index is 0.0602. The van der Waals surface area contributed by atoms with Gasteiger partial charge in [-0.25, -0.2) is 9.59 Å². The van der Waals surface area contributed by atoms with Crippen LogP contribution in [0.2, 0.25) is 0 Å². The number of rotatable bonds is 41. The van der Waals surface area contributed by atoms with Gasteiger partial charge >= 0.3 is 11.9 Å². The Morgan fingerprint density at radius 3 is 0.788 bits per heavy atom. The zero-order valence-corrected chi connectivity index (χ0v) is 36.4. The second kappa shape index (κ2) is 36.8. The first kappa shape index (κ1) is 50.9. The molecule has 0 bridgehead atoms. The highest BCUT2D eigenvalue weighted by molar-refractivity contribution is 5.70. The highest BCUT2D eigenvalue weighted by Crippen LogP contribution is 2.15. The van der Waals surface area contributed by atoms with E-state index in [2.05, 4.69) is 42.0 Å². The van der Waals surface area contributed by atoms with Crippen LogP contribution in [0.1, 0.15) is 219 Å². The van der Waals surface area contributed by atoms with E-state index in [1.807, 2.05) is 0 Å². The van der Waals surface area contributed by atoms with E-state index in [1.54, 1.807) is 0 Å². The SMILES string of the molecule is CCCCCCCCCCCCCCCCOC(=O)C[N+](C)(C)CCCCCC[N+](C)(C)CC(=O)OCCCCCCCCCCCCCCCC. The third-order valence-corrected chi connectivity index (χ3v) is 10.9. The average molecular weight is 739 g/mol. The molecule has 0 unspecified atom stereocenters. The van der Waals surface area contributed by atoms with Crippen molar-refractivity contribution < 1.29 is 28.0 Å². The zero-order chi connectivity index (χ0) is 38.4. The van der Waals surface area contributed by atoms with Crippen molar-refractivity contribution in [1.29, 1.82) is 0 Å². The van der Waals surface area contributed by atoms with Crippen LogP contribution in [0.15, 0.2) is 0 Å². The van der Waals surface area contributed by atoms with E-state index in [1.165, 1.54) is 167 Å². The van der Waals surface area contributed by atoms with Gasteiger partial charge in [-0.3, -0.25) is 0 Å². The molecule has 310 valence electrons. The summed E-state index contributed by atoms with van der Waals surface area (Å²) in [6.45, 7) is 8.56. The minimum atomic E-state index is -0.0602. The van der Waals surface area contributed by atoms with Crippen LogP contribution in [0, 0.1) is 0 Å². The number of esters is 2. The number of likely N-dealkylation sites (N-methyl/N-ethyl adjacent to an activating group) is 2. The monoisotopic (exact) mass is 739 g/mol. The van der Waals surface area contributed by atoms with Crippen molar-refractivity contribution in [3.8, 4) is 0 Å². The molecule has 0 aromatic rings. The standard InChI is InChI=1S/C46H94N2O4/c1-7-9-11-13-15-17-19-21-23-25-27-29-33-37-41-51-45(49)43-47(3,4)39-35-31-32-36-40-48(5,6)44-46(50)52-42-38-34-30-28-26-24-22-20-18-16-14-12-10-8-2/h7-44H2,1-6H3/q+2. The van der Waals surface area contributed by atoms with E-state index in [-0.39, 0.29) is 11.9 Å². The van der Waals surface area contributed by atoms with Crippen molar-refractivity contribution >= 4 is 11.9 Å². The van der Waals surface area contributed by atoms with Crippen LogP contribution in [0.25, 0.3) is 0 Å². The van der Waals surface area contributed by atoms with Crippen LogP contribution in [-0.4, -0.2) is 88.5 Å². The third kappa shape index (κ3) is 38.6. The number of carbonyl (C=O) groups excluding carboxylic acids is 2. The highest BCUT2D eigenvalue weighted by atomic mass is 16.5. The summed E-state index contributed by atoms with van der Waals surface area (Å²) >= 11 is 0. The van der Waals surface area contributed by atoms with Crippen LogP contribution in [0.3, 0.4) is 0 Å². The van der Waals surface area contributed by atoms with Crippen molar-refractivity contribution in [1.82, 2.24) is 0 Å². The summed E-state index contributed by atoms with van der Waals surface area (Å²) in [5.41, 5.74) is 0. The van der Waals surface area contributed by atoms with Crippen molar-refractivity contribution in [2.75, 3.05) is 67.6 Å². The van der Waals surface area contributed by atoms with Gasteiger partial charge in [-0.05, 0) is 38.5 Å². The summed E-state index contributed by atoms with van der Waals surface area (Å²) in [5, 5.41) is 0. The molecule has 0 aromatic carbocycles. The largest absolute Gasteiger partial charge is 0.462 e. The summed E-state index contributed by atoms with van der Waals surface area (Å²) in [6, 6.07) is 0. The Kier molecular flexibility index (Phi) is 36.0. The number of hydrogen-bond acceptors (Lipinski definition) is 4. The predicted octanol–water partition coefficient (Wildman–Crippen LogP) is 12.7. The summed E-state index contributed by atoms with van der Waals surface area (Å²) in [6.07, 6.45) is 41.9. The first-order valence-corrected chi connectivity index (χ1v) is 23.1. The fourth-order valence-corrected chi connectivity index (χ4v) is 7.35. The molecule has 0 saturated carbocycles. The zero-order valence-electron chi connectivity index (χ0n) is 36.4. The molecule has 0 aliphatic heterocycles. The van der Waals surface area contributed by atoms with E-state index >= 15 is 0 Å². The number of unbranched alkanes of at least 4 members (excludes halogenated alkanes) is 29. The lowest BCUT2D eigenvalue weighted by molar-refractivity contribution is -0.884. The van der Waals surface area contributed by atoms with E-state index in [9.17, 15) is 9.59 Å². The fourth-order valence-electron chi connectivity index (χ4n) is 7.35. The van der Waals surface area contributed by atoms with Gasteiger partial charge in [0.2, 0.25) is 0 Å². The van der Waals surface area contributed by atoms with Gasteiger partial charge in [-0.2, -0.15) is 0 Å². The van der Waals surface area contributed by atoms with Crippen molar-refractivity contribution in [2.45, 2.75) is 219 Å². The van der Waals surface area contributed by atoms with Gasteiger partial charge in [0.25, 0.3) is 0 Å². The van der Waals surface area contributed by atoms with Gasteiger partial charge in [0.05, 0.1) is 54.5 Å². The smallest absolute Gasteiger partial charge is 0.361 e. The molecule has 0 radical (unpaired) electrons. The van der Waals surface area contributed by atoms with E-state index < -0.39 is 0 Å². The van der Waals surface area contributed by atoms with Crippen molar-refractivity contribution in [2.24, 2.45) is 0 Å². The lowest BCUT2D eigenvalue weighted by Gasteiger charge is -2.29. The van der Waals surface area contributed by atoms with Gasteiger partial charge in [-0.15, -0.1) is 0 Å². The molecule has 0 aliphatic carbocycles. The second-order valence-corrected chi connectivity index (χ2v) is 17.7. The Bertz CT molecular complexity index is 720. The maximum Gasteiger partial charge on any atom is 0.361 e. The second-order valence-electron chi connectivity index (χ2n) is 17.7. The van der Waals surface area contributed by atoms with Gasteiger partial charge in [0, 0.05) is 0 Å². The van der Waals surface area contributed by atoms with Gasteiger partial charge in [0.1, 0.15) is 0 Å². The first-order valence-electron chi connectivity index (χ1n) is 23.1. The third-order valence-electron chi connectivity index (χ3n) is 10.9. The number of carbonyl (C=O) groups is 2. The molecule has 0 spiro atoms. The molecule has 0 aromatic heterocycles. The lowest BCUT2D eigenvalue weighted by Crippen LogP contribution is -2.45. The molecular weight excluding hydrogens is 645 g/mol. The normalized spacial score (nSPS) is 12.0. The van der Waals surface area contributed by atoms with Gasteiger partial charge in [0.15, 0.2) is 13.1 Å². The fraction of sp³-hybridized carbons (Fsp3) is 0.957. The molecule has 0 atom stereocenters. The molecule has 6 heteroatoms.